The van der Waals surface area contributed by atoms with Crippen molar-refractivity contribution in [1.82, 2.24) is 0 Å². The summed E-state index contributed by atoms with van der Waals surface area (Å²) in [5.74, 6) is 0.392. The molecule has 2 N–H and O–H groups in total. The Kier molecular flexibility index (Phi) is 3.39. The van der Waals surface area contributed by atoms with E-state index in [4.69, 9.17) is 0 Å². The summed E-state index contributed by atoms with van der Waals surface area (Å²) < 4.78 is 0. The molecule has 0 bridgehead atoms. The van der Waals surface area contributed by atoms with Gasteiger partial charge in [0.05, 0.1) is 12.7 Å². The highest BCUT2D eigenvalue weighted by Crippen LogP contribution is 2.55. The molecule has 3 unspecified atom stereocenters. The van der Waals surface area contributed by atoms with E-state index < -0.39 is 0 Å². The maximum atomic E-state index is 10.5. The highest BCUT2D eigenvalue weighted by molar-refractivity contribution is 5.16. The van der Waals surface area contributed by atoms with Gasteiger partial charge in [-0.15, -0.1) is 0 Å². The Morgan fingerprint density at radius 1 is 1.29 bits per heavy atom. The monoisotopic (exact) mass is 238 g/mol. The van der Waals surface area contributed by atoms with Crippen LogP contribution in [0.5, 0.6) is 0 Å². The van der Waals surface area contributed by atoms with Crippen LogP contribution in [0.4, 0.5) is 0 Å². The quantitative estimate of drug-likeness (QED) is 0.690. The summed E-state index contributed by atoms with van der Waals surface area (Å²) >= 11 is 0. The van der Waals surface area contributed by atoms with Crippen molar-refractivity contribution in [3.63, 3.8) is 0 Å². The Balaban J connectivity index is 2.41. The molecular formula is C15H26O2. The molecule has 3 atom stereocenters. The van der Waals surface area contributed by atoms with E-state index in [1.165, 1.54) is 12.8 Å². The van der Waals surface area contributed by atoms with Crippen molar-refractivity contribution in [2.24, 2.45) is 16.7 Å². The molecule has 2 rings (SSSR count). The van der Waals surface area contributed by atoms with Gasteiger partial charge in [0, 0.05) is 5.41 Å². The lowest BCUT2D eigenvalue weighted by Crippen LogP contribution is -2.47. The molecule has 0 saturated heterocycles. The van der Waals surface area contributed by atoms with Crippen LogP contribution in [0, 0.1) is 16.7 Å². The summed E-state index contributed by atoms with van der Waals surface area (Å²) in [6, 6.07) is 0. The fraction of sp³-hybridized carbons (Fsp3) is 0.867. The third kappa shape index (κ3) is 2.17. The molecule has 0 aromatic heterocycles. The summed E-state index contributed by atoms with van der Waals surface area (Å²) in [5.41, 5.74) is 1.35. The van der Waals surface area contributed by atoms with E-state index in [-0.39, 0.29) is 23.5 Å². The lowest BCUT2D eigenvalue weighted by molar-refractivity contribution is -0.0643. The molecule has 2 aliphatic carbocycles. The smallest absolute Gasteiger partial charge is 0.0641 e. The van der Waals surface area contributed by atoms with Gasteiger partial charge in [-0.05, 0) is 42.6 Å². The maximum Gasteiger partial charge on any atom is 0.0641 e. The van der Waals surface area contributed by atoms with Gasteiger partial charge < -0.3 is 10.2 Å². The minimum atomic E-state index is -0.229. The van der Waals surface area contributed by atoms with Crippen LogP contribution in [0.25, 0.3) is 0 Å². The van der Waals surface area contributed by atoms with Gasteiger partial charge in [0.1, 0.15) is 0 Å². The van der Waals surface area contributed by atoms with Gasteiger partial charge in [-0.2, -0.15) is 0 Å². The molecule has 2 aliphatic rings. The molecule has 1 saturated carbocycles. The van der Waals surface area contributed by atoms with Gasteiger partial charge in [0.15, 0.2) is 0 Å². The third-order valence-electron chi connectivity index (χ3n) is 5.19. The Hall–Kier alpha value is -0.340. The SMILES string of the molecule is CC1(C)CCCC2(C)C(O)CCC(CO)=CC12. The summed E-state index contributed by atoms with van der Waals surface area (Å²) in [4.78, 5) is 0. The molecule has 1 fully saturated rings. The average Bonchev–Trinajstić information content (AvgIpc) is 2.38. The molecule has 0 spiro atoms. The Labute approximate surface area is 105 Å². The third-order valence-corrected chi connectivity index (χ3v) is 5.19. The number of hydrogen-bond acceptors (Lipinski definition) is 2. The Morgan fingerprint density at radius 2 is 2.00 bits per heavy atom. The first-order valence-electron chi connectivity index (χ1n) is 6.88. The summed E-state index contributed by atoms with van der Waals surface area (Å²) in [6.07, 6.45) is 7.23. The Morgan fingerprint density at radius 3 is 2.65 bits per heavy atom. The van der Waals surface area contributed by atoms with Gasteiger partial charge in [0.25, 0.3) is 0 Å². The van der Waals surface area contributed by atoms with E-state index in [0.717, 1.165) is 24.8 Å². The zero-order valence-corrected chi connectivity index (χ0v) is 11.4. The first-order chi connectivity index (χ1) is 7.90. The number of aliphatic hydroxyl groups excluding tert-OH is 2. The number of aliphatic hydroxyl groups is 2. The molecule has 2 nitrogen and oxygen atoms in total. The number of rotatable bonds is 1. The van der Waals surface area contributed by atoms with Gasteiger partial charge >= 0.3 is 0 Å². The van der Waals surface area contributed by atoms with Gasteiger partial charge in [-0.1, -0.05) is 33.3 Å². The molecule has 17 heavy (non-hydrogen) atoms. The van der Waals surface area contributed by atoms with E-state index in [9.17, 15) is 10.2 Å². The average molecular weight is 238 g/mol. The second-order valence-electron chi connectivity index (χ2n) is 6.86. The van der Waals surface area contributed by atoms with Crippen LogP contribution in [-0.4, -0.2) is 22.9 Å². The fourth-order valence-corrected chi connectivity index (χ4v) is 4.02. The van der Waals surface area contributed by atoms with Crippen LogP contribution >= 0.6 is 0 Å². The molecule has 0 aromatic rings. The van der Waals surface area contributed by atoms with Crippen LogP contribution in [0.15, 0.2) is 11.6 Å². The highest BCUT2D eigenvalue weighted by Gasteiger charge is 2.49. The molecule has 0 radical (unpaired) electrons. The van der Waals surface area contributed by atoms with Gasteiger partial charge in [0.2, 0.25) is 0 Å². The van der Waals surface area contributed by atoms with Crippen molar-refractivity contribution in [2.45, 2.75) is 59.0 Å². The number of fused-ring (bicyclic) bond motifs is 1. The summed E-state index contributed by atoms with van der Waals surface area (Å²) in [7, 11) is 0. The minimum Gasteiger partial charge on any atom is -0.393 e. The highest BCUT2D eigenvalue weighted by atomic mass is 16.3. The van der Waals surface area contributed by atoms with Crippen molar-refractivity contribution in [3.8, 4) is 0 Å². The molecule has 0 amide bonds. The van der Waals surface area contributed by atoms with Crippen LogP contribution in [0.1, 0.15) is 52.9 Å². The van der Waals surface area contributed by atoms with Crippen LogP contribution in [0.2, 0.25) is 0 Å². The normalized spacial score (nSPS) is 41.4. The second-order valence-corrected chi connectivity index (χ2v) is 6.86. The van der Waals surface area contributed by atoms with E-state index in [0.29, 0.717) is 5.92 Å². The van der Waals surface area contributed by atoms with E-state index in [1.807, 2.05) is 0 Å². The van der Waals surface area contributed by atoms with Crippen molar-refractivity contribution < 1.29 is 10.2 Å². The maximum absolute atomic E-state index is 10.5. The van der Waals surface area contributed by atoms with Crippen LogP contribution in [-0.2, 0) is 0 Å². The van der Waals surface area contributed by atoms with Crippen LogP contribution in [0.3, 0.4) is 0 Å². The molecular weight excluding hydrogens is 212 g/mol. The van der Waals surface area contributed by atoms with Crippen molar-refractivity contribution in [3.05, 3.63) is 11.6 Å². The molecule has 0 aliphatic heterocycles. The largest absolute Gasteiger partial charge is 0.393 e. The fourth-order valence-electron chi connectivity index (χ4n) is 4.02. The van der Waals surface area contributed by atoms with Crippen molar-refractivity contribution in [1.29, 1.82) is 0 Å². The first-order valence-corrected chi connectivity index (χ1v) is 6.88. The zero-order chi connectivity index (χ0) is 12.7. The van der Waals surface area contributed by atoms with E-state index >= 15 is 0 Å². The van der Waals surface area contributed by atoms with Crippen molar-refractivity contribution in [2.75, 3.05) is 6.61 Å². The molecule has 0 heterocycles. The van der Waals surface area contributed by atoms with Crippen LogP contribution < -0.4 is 0 Å². The standard InChI is InChI=1S/C15H26O2/c1-14(2)7-4-8-15(3)12(14)9-11(10-16)5-6-13(15)17/h9,12-13,16-17H,4-8,10H2,1-3H3. The van der Waals surface area contributed by atoms with E-state index in [2.05, 4.69) is 26.8 Å². The second kappa shape index (κ2) is 4.40. The summed E-state index contributed by atoms with van der Waals surface area (Å²) in [5, 5.41) is 19.9. The zero-order valence-electron chi connectivity index (χ0n) is 11.4. The predicted octanol–water partition coefficient (Wildman–Crippen LogP) is 2.89. The molecule has 98 valence electrons. The lowest BCUT2D eigenvalue weighted by Gasteiger charge is -2.51. The van der Waals surface area contributed by atoms with E-state index in [1.54, 1.807) is 0 Å². The minimum absolute atomic E-state index is 0.00132. The predicted molar refractivity (Wildman–Crippen MR) is 69.6 cm³/mol. The van der Waals surface area contributed by atoms with Gasteiger partial charge in [-0.25, -0.2) is 0 Å². The summed E-state index contributed by atoms with van der Waals surface area (Å²) in [6.45, 7) is 6.99. The van der Waals surface area contributed by atoms with Gasteiger partial charge in [-0.3, -0.25) is 0 Å². The van der Waals surface area contributed by atoms with Crippen molar-refractivity contribution >= 4 is 0 Å². The topological polar surface area (TPSA) is 40.5 Å². The Bertz CT molecular complexity index is 319. The molecule has 0 aromatic carbocycles. The lowest BCUT2D eigenvalue weighted by atomic mass is 9.54. The first kappa shape index (κ1) is 13.1. The number of allylic oxidation sites excluding steroid dienone is 1. The number of hydrogen-bond donors (Lipinski definition) is 2. The molecule has 2 heteroatoms.